The standard InChI is InChI=1S/C18H32N2O5/c1-5-17(21)19-11-15(3)13-24-9-7-23-8-10-25-14-16(4)12-20-18(22)6-2/h5-6,15-16H,1-2,7-14H2,3-4H3,(H,19,21)(H,20,22). The summed E-state index contributed by atoms with van der Waals surface area (Å²) in [6, 6.07) is 0. The van der Waals surface area contributed by atoms with Crippen LogP contribution in [0.5, 0.6) is 0 Å². The molecule has 2 N–H and O–H groups in total. The summed E-state index contributed by atoms with van der Waals surface area (Å²) in [5.41, 5.74) is 0. The molecule has 0 aromatic carbocycles. The number of carbonyl (C=O) groups is 2. The highest BCUT2D eigenvalue weighted by atomic mass is 16.5. The molecule has 0 heterocycles. The number of rotatable bonds is 16. The molecule has 7 nitrogen and oxygen atoms in total. The van der Waals surface area contributed by atoms with Crippen LogP contribution in [-0.2, 0) is 23.8 Å². The topological polar surface area (TPSA) is 85.9 Å². The van der Waals surface area contributed by atoms with E-state index in [1.807, 2.05) is 13.8 Å². The zero-order valence-electron chi connectivity index (χ0n) is 15.4. The van der Waals surface area contributed by atoms with Crippen LogP contribution < -0.4 is 10.6 Å². The maximum Gasteiger partial charge on any atom is 0.243 e. The summed E-state index contributed by atoms with van der Waals surface area (Å²) in [6.45, 7) is 15.0. The Morgan fingerprint density at radius 1 is 0.800 bits per heavy atom. The minimum absolute atomic E-state index is 0.174. The van der Waals surface area contributed by atoms with Crippen molar-refractivity contribution in [2.45, 2.75) is 13.8 Å². The van der Waals surface area contributed by atoms with Crippen molar-refractivity contribution in [3.8, 4) is 0 Å². The molecule has 7 heteroatoms. The predicted molar refractivity (Wildman–Crippen MR) is 97.2 cm³/mol. The van der Waals surface area contributed by atoms with Crippen LogP contribution in [0.2, 0.25) is 0 Å². The SMILES string of the molecule is C=CC(=O)NCC(C)COCCOCCOCC(C)CNC(=O)C=C. The molecule has 2 atom stereocenters. The van der Waals surface area contributed by atoms with Gasteiger partial charge in [-0.25, -0.2) is 0 Å². The number of hydrogen-bond donors (Lipinski definition) is 2. The molecule has 0 aromatic heterocycles. The molecule has 0 aliphatic heterocycles. The molecule has 0 fully saturated rings. The first-order valence-electron chi connectivity index (χ1n) is 8.53. The van der Waals surface area contributed by atoms with E-state index in [1.54, 1.807) is 0 Å². The first-order chi connectivity index (χ1) is 12.0. The Morgan fingerprint density at radius 3 is 1.52 bits per heavy atom. The number of ether oxygens (including phenoxy) is 3. The van der Waals surface area contributed by atoms with Crippen molar-refractivity contribution < 1.29 is 23.8 Å². The second kappa shape index (κ2) is 15.8. The Bertz CT molecular complexity index is 365. The fraction of sp³-hybridized carbons (Fsp3) is 0.667. The molecular formula is C18H32N2O5. The van der Waals surface area contributed by atoms with Crippen molar-refractivity contribution >= 4 is 11.8 Å². The number of amides is 2. The molecule has 2 unspecified atom stereocenters. The summed E-state index contributed by atoms with van der Waals surface area (Å²) >= 11 is 0. The molecule has 144 valence electrons. The summed E-state index contributed by atoms with van der Waals surface area (Å²) in [5, 5.41) is 5.44. The predicted octanol–water partition coefficient (Wildman–Crippen LogP) is 0.913. The van der Waals surface area contributed by atoms with Crippen molar-refractivity contribution in [3.05, 3.63) is 25.3 Å². The van der Waals surface area contributed by atoms with E-state index in [0.29, 0.717) is 52.7 Å². The number of nitrogens with one attached hydrogen (secondary N) is 2. The zero-order valence-corrected chi connectivity index (χ0v) is 15.4. The highest BCUT2D eigenvalue weighted by Gasteiger charge is 2.04. The molecule has 0 saturated heterocycles. The highest BCUT2D eigenvalue weighted by molar-refractivity contribution is 5.87. The van der Waals surface area contributed by atoms with Gasteiger partial charge in [0.2, 0.25) is 11.8 Å². The molecule has 0 saturated carbocycles. The third kappa shape index (κ3) is 15.6. The summed E-state index contributed by atoms with van der Waals surface area (Å²) in [4.78, 5) is 22.0. The van der Waals surface area contributed by atoms with Gasteiger partial charge in [0, 0.05) is 13.1 Å². The van der Waals surface area contributed by atoms with Gasteiger partial charge in [-0.05, 0) is 24.0 Å². The van der Waals surface area contributed by atoms with E-state index in [-0.39, 0.29) is 23.7 Å². The average Bonchev–Trinajstić information content (AvgIpc) is 2.62. The van der Waals surface area contributed by atoms with E-state index in [0.717, 1.165) is 0 Å². The minimum atomic E-state index is -0.174. The Balaban J connectivity index is 3.35. The van der Waals surface area contributed by atoms with Gasteiger partial charge < -0.3 is 24.8 Å². The maximum absolute atomic E-state index is 11.0. The van der Waals surface area contributed by atoms with Crippen LogP contribution in [0, 0.1) is 11.8 Å². The lowest BCUT2D eigenvalue weighted by Gasteiger charge is -2.13. The molecule has 0 aliphatic rings. The van der Waals surface area contributed by atoms with Crippen LogP contribution in [0.25, 0.3) is 0 Å². The molecule has 0 radical (unpaired) electrons. The summed E-state index contributed by atoms with van der Waals surface area (Å²) in [7, 11) is 0. The fourth-order valence-electron chi connectivity index (χ4n) is 1.72. The van der Waals surface area contributed by atoms with Gasteiger partial charge in [0.05, 0.1) is 39.6 Å². The Labute approximate surface area is 150 Å². The van der Waals surface area contributed by atoms with Gasteiger partial charge in [0.25, 0.3) is 0 Å². The quantitative estimate of drug-likeness (QED) is 0.317. The van der Waals surface area contributed by atoms with E-state index in [2.05, 4.69) is 23.8 Å². The molecule has 0 aromatic rings. The van der Waals surface area contributed by atoms with Crippen molar-refractivity contribution in [1.29, 1.82) is 0 Å². The lowest BCUT2D eigenvalue weighted by molar-refractivity contribution is -0.117. The molecular weight excluding hydrogens is 324 g/mol. The van der Waals surface area contributed by atoms with Crippen LogP contribution in [0.15, 0.2) is 25.3 Å². The van der Waals surface area contributed by atoms with Crippen molar-refractivity contribution in [3.63, 3.8) is 0 Å². The van der Waals surface area contributed by atoms with Crippen molar-refractivity contribution in [1.82, 2.24) is 10.6 Å². The fourth-order valence-corrected chi connectivity index (χ4v) is 1.72. The van der Waals surface area contributed by atoms with Crippen LogP contribution >= 0.6 is 0 Å². The van der Waals surface area contributed by atoms with Gasteiger partial charge in [-0.3, -0.25) is 9.59 Å². The third-order valence-corrected chi connectivity index (χ3v) is 3.17. The normalized spacial score (nSPS) is 12.9. The second-order valence-corrected chi connectivity index (χ2v) is 5.87. The molecule has 25 heavy (non-hydrogen) atoms. The largest absolute Gasteiger partial charge is 0.379 e. The molecule has 0 spiro atoms. The van der Waals surface area contributed by atoms with Gasteiger partial charge in [-0.1, -0.05) is 27.0 Å². The lowest BCUT2D eigenvalue weighted by atomic mass is 10.2. The zero-order chi connectivity index (χ0) is 18.9. The van der Waals surface area contributed by atoms with Gasteiger partial charge in [0.1, 0.15) is 0 Å². The smallest absolute Gasteiger partial charge is 0.243 e. The molecule has 0 rings (SSSR count). The van der Waals surface area contributed by atoms with Gasteiger partial charge >= 0.3 is 0 Å². The Hall–Kier alpha value is -1.70. The summed E-state index contributed by atoms with van der Waals surface area (Å²) in [6.07, 6.45) is 2.50. The van der Waals surface area contributed by atoms with E-state index in [9.17, 15) is 9.59 Å². The molecule has 2 amide bonds. The maximum atomic E-state index is 11.0. The van der Waals surface area contributed by atoms with Crippen LogP contribution in [-0.4, -0.2) is 64.5 Å². The van der Waals surface area contributed by atoms with Gasteiger partial charge in [-0.2, -0.15) is 0 Å². The third-order valence-electron chi connectivity index (χ3n) is 3.17. The van der Waals surface area contributed by atoms with Crippen molar-refractivity contribution in [2.24, 2.45) is 11.8 Å². The van der Waals surface area contributed by atoms with Gasteiger partial charge in [0.15, 0.2) is 0 Å². The lowest BCUT2D eigenvalue weighted by Crippen LogP contribution is -2.29. The Kier molecular flexibility index (Phi) is 14.7. The van der Waals surface area contributed by atoms with Gasteiger partial charge in [-0.15, -0.1) is 0 Å². The van der Waals surface area contributed by atoms with Crippen LogP contribution in [0.4, 0.5) is 0 Å². The van der Waals surface area contributed by atoms with E-state index < -0.39 is 0 Å². The monoisotopic (exact) mass is 356 g/mol. The second-order valence-electron chi connectivity index (χ2n) is 5.87. The first kappa shape index (κ1) is 23.3. The summed E-state index contributed by atoms with van der Waals surface area (Å²) in [5.74, 6) is 0.116. The minimum Gasteiger partial charge on any atom is -0.379 e. The summed E-state index contributed by atoms with van der Waals surface area (Å²) < 4.78 is 16.4. The van der Waals surface area contributed by atoms with E-state index >= 15 is 0 Å². The van der Waals surface area contributed by atoms with E-state index in [4.69, 9.17) is 14.2 Å². The van der Waals surface area contributed by atoms with Crippen molar-refractivity contribution in [2.75, 3.05) is 52.7 Å². The Morgan fingerprint density at radius 2 is 1.16 bits per heavy atom. The first-order valence-corrected chi connectivity index (χ1v) is 8.53. The highest BCUT2D eigenvalue weighted by Crippen LogP contribution is 1.95. The van der Waals surface area contributed by atoms with Crippen LogP contribution in [0.1, 0.15) is 13.8 Å². The number of carbonyl (C=O) groups excluding carboxylic acids is 2. The molecule has 0 bridgehead atoms. The average molecular weight is 356 g/mol. The molecule has 0 aliphatic carbocycles. The number of hydrogen-bond acceptors (Lipinski definition) is 5. The van der Waals surface area contributed by atoms with E-state index in [1.165, 1.54) is 12.2 Å². The van der Waals surface area contributed by atoms with Crippen LogP contribution in [0.3, 0.4) is 0 Å².